The van der Waals surface area contributed by atoms with Gasteiger partial charge in [-0.3, -0.25) is 15.0 Å². The van der Waals surface area contributed by atoms with E-state index < -0.39 is 10.8 Å². The smallest absolute Gasteiger partial charge is 0.336 e. The summed E-state index contributed by atoms with van der Waals surface area (Å²) in [6, 6.07) is 48.3. The van der Waals surface area contributed by atoms with Gasteiger partial charge in [-0.1, -0.05) is 98.2 Å². The minimum absolute atomic E-state index is 0. The van der Waals surface area contributed by atoms with Crippen LogP contribution in [0.15, 0.2) is 116 Å². The Morgan fingerprint density at radius 1 is 0.567 bits per heavy atom. The van der Waals surface area contributed by atoms with Crippen LogP contribution in [0.2, 0.25) is 0 Å². The first-order chi connectivity index (χ1) is 27.8. The number of imidazole rings is 1. The van der Waals surface area contributed by atoms with Crippen molar-refractivity contribution in [2.75, 3.05) is 0 Å². The van der Waals surface area contributed by atoms with Crippen molar-refractivity contribution in [2.45, 2.75) is 116 Å². The normalized spacial score (nSPS) is 16.7. The fourth-order valence-electron chi connectivity index (χ4n) is 9.61. The number of benzene rings is 4. The molecule has 8 aromatic rings. The number of aromatic nitrogens is 4. The molecule has 9 rings (SSSR count). The minimum atomic E-state index is -0.745. The summed E-state index contributed by atoms with van der Waals surface area (Å²) in [5.74, 6) is 0. The molecule has 5 heteroatoms. The summed E-state index contributed by atoms with van der Waals surface area (Å²) in [7, 11) is 0. The summed E-state index contributed by atoms with van der Waals surface area (Å²) < 4.78 is 2.49. The maximum absolute atomic E-state index is 5.94. The summed E-state index contributed by atoms with van der Waals surface area (Å²) in [6.45, 7) is 27.7. The van der Waals surface area contributed by atoms with Crippen molar-refractivity contribution in [3.05, 3.63) is 190 Å². The zero-order chi connectivity index (χ0) is 41.9. The van der Waals surface area contributed by atoms with E-state index in [-0.39, 0.29) is 41.8 Å². The van der Waals surface area contributed by atoms with Gasteiger partial charge in [-0.15, -0.1) is 34.9 Å². The van der Waals surface area contributed by atoms with Crippen molar-refractivity contribution < 1.29 is 20.1 Å². The van der Waals surface area contributed by atoms with Gasteiger partial charge in [0, 0.05) is 39.8 Å². The van der Waals surface area contributed by atoms with Crippen LogP contribution in [0.5, 0.6) is 0 Å². The van der Waals surface area contributed by atoms with E-state index in [9.17, 15) is 0 Å². The fourth-order valence-corrected chi connectivity index (χ4v) is 9.61. The fraction of sp³-hybridized carbons (Fsp3) is 0.327. The Labute approximate surface area is 370 Å². The molecule has 0 saturated carbocycles. The second-order valence-electron chi connectivity index (χ2n) is 20.2. The molecule has 0 aliphatic carbocycles. The second kappa shape index (κ2) is 14.0. The second-order valence-corrected chi connectivity index (χ2v) is 20.2. The van der Waals surface area contributed by atoms with Crippen LogP contribution in [-0.4, -0.2) is 19.4 Å². The van der Waals surface area contributed by atoms with E-state index in [0.717, 1.165) is 50.2 Å². The van der Waals surface area contributed by atoms with E-state index in [1.54, 1.807) is 0 Å². The van der Waals surface area contributed by atoms with Gasteiger partial charge >= 0.3 is 20.1 Å². The average molecular weight is 964 g/mol. The first-order valence-corrected chi connectivity index (χ1v) is 21.0. The third kappa shape index (κ3) is 5.98. The van der Waals surface area contributed by atoms with Gasteiger partial charge in [0.15, 0.2) is 0 Å². The van der Waals surface area contributed by atoms with Gasteiger partial charge in [-0.2, -0.15) is 60.7 Å². The van der Waals surface area contributed by atoms with Crippen molar-refractivity contribution in [1.29, 1.82) is 0 Å². The number of pyridine rings is 3. The minimum Gasteiger partial charge on any atom is -0.336 e. The van der Waals surface area contributed by atoms with Crippen molar-refractivity contribution in [1.82, 2.24) is 19.4 Å². The first-order valence-electron chi connectivity index (χ1n) is 21.0. The van der Waals surface area contributed by atoms with Crippen LogP contribution in [0.4, 0.5) is 0 Å². The van der Waals surface area contributed by atoms with Gasteiger partial charge in [0.2, 0.25) is 0 Å². The average Bonchev–Trinajstić information content (AvgIpc) is 3.65. The largest absolute Gasteiger partial charge is 3.00 e. The van der Waals surface area contributed by atoms with Crippen LogP contribution in [0.3, 0.4) is 0 Å². The molecule has 1 aliphatic heterocycles. The van der Waals surface area contributed by atoms with Crippen molar-refractivity contribution in [3.8, 4) is 0 Å². The molecule has 304 valence electrons. The zero-order valence-corrected chi connectivity index (χ0v) is 39.5. The van der Waals surface area contributed by atoms with E-state index in [1.165, 1.54) is 33.3 Å². The Hall–Kier alpha value is -4.96. The molecular weight excluding hydrogens is 909 g/mol. The van der Waals surface area contributed by atoms with Crippen LogP contribution < -0.4 is 0 Å². The predicted molar refractivity (Wildman–Crippen MR) is 243 cm³/mol. The molecule has 1 unspecified atom stereocenters. The molecule has 5 heterocycles. The van der Waals surface area contributed by atoms with Gasteiger partial charge in [-0.25, -0.2) is 0 Å². The van der Waals surface area contributed by atoms with E-state index in [4.69, 9.17) is 15.0 Å². The van der Waals surface area contributed by atoms with Crippen molar-refractivity contribution in [3.63, 3.8) is 0 Å². The van der Waals surface area contributed by atoms with E-state index in [2.05, 4.69) is 185 Å². The summed E-state index contributed by atoms with van der Waals surface area (Å²) in [6.07, 6.45) is 3.93. The molecule has 4 aromatic heterocycles. The molecule has 0 fully saturated rings. The number of fused-ring (bicyclic) bond motifs is 3. The number of rotatable bonds is 6. The maximum atomic E-state index is 5.94. The van der Waals surface area contributed by atoms with E-state index in [0.29, 0.717) is 0 Å². The summed E-state index contributed by atoms with van der Waals surface area (Å²) in [5, 5.41) is 3.32. The monoisotopic (exact) mass is 964 g/mol. The number of nitrogens with zero attached hydrogens (tertiary/aromatic N) is 4. The molecule has 0 amide bonds. The molecule has 4 nitrogen and oxygen atoms in total. The molecule has 60 heavy (non-hydrogen) atoms. The Morgan fingerprint density at radius 2 is 1.13 bits per heavy atom. The third-order valence-electron chi connectivity index (χ3n) is 14.2. The van der Waals surface area contributed by atoms with Crippen LogP contribution in [0, 0.1) is 18.2 Å². The van der Waals surface area contributed by atoms with Crippen molar-refractivity contribution >= 4 is 27.3 Å². The maximum Gasteiger partial charge on any atom is 3.00 e. The van der Waals surface area contributed by atoms with Crippen LogP contribution in [0.1, 0.15) is 139 Å². The third-order valence-corrected chi connectivity index (χ3v) is 14.2. The number of hydrogen-bond acceptors (Lipinski definition) is 3. The Balaban J connectivity index is 0.00000499. The van der Waals surface area contributed by atoms with Gasteiger partial charge in [0.25, 0.3) is 0 Å². The number of para-hydroxylation sites is 1. The van der Waals surface area contributed by atoms with E-state index in [1.807, 2.05) is 36.7 Å². The predicted octanol–water partition coefficient (Wildman–Crippen LogP) is 12.7. The topological polar surface area (TPSA) is 43.1 Å². The molecule has 4 aromatic carbocycles. The molecule has 0 bridgehead atoms. The SMILES string of the molecule is CC(C)(C)c1ccnc(C(C)(c2[c-]cccc2)c2[c-]c3c(cc2)c2cccc4c2n2c(c([C@](C)(c5[c-]cccc5)c5cc(C(C)(C)C)ccn5)nc32)C(C)(C)C4(C)C)c1.[Ir+3]. The quantitative estimate of drug-likeness (QED) is 0.123. The summed E-state index contributed by atoms with van der Waals surface area (Å²) in [4.78, 5) is 16.2. The van der Waals surface area contributed by atoms with Crippen LogP contribution in [0.25, 0.3) is 27.3 Å². The first kappa shape index (κ1) is 41.8. The Bertz CT molecular complexity index is 2930. The molecule has 1 aliphatic rings. The number of hydrogen-bond donors (Lipinski definition) is 0. The molecule has 0 N–H and O–H groups in total. The Kier molecular flexibility index (Phi) is 9.78. The van der Waals surface area contributed by atoms with Crippen molar-refractivity contribution in [2.24, 2.45) is 0 Å². The zero-order valence-electron chi connectivity index (χ0n) is 37.1. The molecule has 0 saturated heterocycles. The molecule has 2 atom stereocenters. The van der Waals surface area contributed by atoms with E-state index >= 15 is 0 Å². The molecule has 0 spiro atoms. The van der Waals surface area contributed by atoms with Gasteiger partial charge < -0.3 is 4.40 Å². The standard InChI is InChI=1S/C55H55N4.Ir/c1-50(2,3)37-28-30-56-44(33-37)54(11,35-20-15-13-16-21-35)39-26-27-40-41-24-19-25-43-46(41)59-48(53(9,10)52(43,7)8)47(58-49(59)42(40)32-39)55(12,36-22-17-14-18-23-36)45-34-38(29-31-57-45)51(4,5)6;/h13-20,22,24-31,33-34H,1-12H3;/q-3;+3/t54?,55-;/m1./s1. The Morgan fingerprint density at radius 3 is 1.68 bits per heavy atom. The van der Waals surface area contributed by atoms with Gasteiger partial charge in [0.1, 0.15) is 0 Å². The molecule has 0 radical (unpaired) electrons. The van der Waals surface area contributed by atoms with Gasteiger partial charge in [-0.05, 0) is 71.0 Å². The van der Waals surface area contributed by atoms with Crippen LogP contribution >= 0.6 is 0 Å². The van der Waals surface area contributed by atoms with Crippen LogP contribution in [-0.2, 0) is 52.6 Å². The van der Waals surface area contributed by atoms with Gasteiger partial charge in [0.05, 0.1) is 28.1 Å². The summed E-state index contributed by atoms with van der Waals surface area (Å²) in [5.41, 5.74) is 11.0. The molecular formula is C55H55IrN4. The summed E-state index contributed by atoms with van der Waals surface area (Å²) >= 11 is 0.